The van der Waals surface area contributed by atoms with E-state index >= 15 is 0 Å². The molecule has 0 atom stereocenters. The highest BCUT2D eigenvalue weighted by molar-refractivity contribution is 6.21. The van der Waals surface area contributed by atoms with Gasteiger partial charge in [0.1, 0.15) is 33.4 Å². The van der Waals surface area contributed by atoms with Crippen molar-refractivity contribution in [3.8, 4) is 39.9 Å². The zero-order valence-corrected chi connectivity index (χ0v) is 30.7. The SMILES string of the molecule is c1ccc(-c2cccc3oc4cc(-c5nc(-c6ccc7c(c6)oc6ccccc67)nc(-n6c7ccccc7c7ccc8c9ccccc9oc8c76)n5)ccc4c23)cc1. The summed E-state index contributed by atoms with van der Waals surface area (Å²) in [4.78, 5) is 15.7. The summed E-state index contributed by atoms with van der Waals surface area (Å²) < 4.78 is 21.7. The van der Waals surface area contributed by atoms with Crippen molar-refractivity contribution in [2.24, 2.45) is 0 Å². The number of aromatic nitrogens is 4. The van der Waals surface area contributed by atoms with Gasteiger partial charge >= 0.3 is 0 Å². The Labute approximate surface area is 329 Å². The minimum Gasteiger partial charge on any atom is -0.456 e. The lowest BCUT2D eigenvalue weighted by Crippen LogP contribution is -2.06. The quantitative estimate of drug-likeness (QED) is 0.178. The van der Waals surface area contributed by atoms with E-state index in [1.807, 2.05) is 72.8 Å². The fourth-order valence-electron chi connectivity index (χ4n) is 8.85. The summed E-state index contributed by atoms with van der Waals surface area (Å²) in [7, 11) is 0. The maximum absolute atomic E-state index is 6.67. The van der Waals surface area contributed by atoms with Gasteiger partial charge in [0.25, 0.3) is 0 Å². The number of benzene rings is 8. The summed E-state index contributed by atoms with van der Waals surface area (Å²) in [6.45, 7) is 0. The molecule has 0 unspecified atom stereocenters. The second kappa shape index (κ2) is 11.7. The highest BCUT2D eigenvalue weighted by Crippen LogP contribution is 2.42. The molecule has 0 spiro atoms. The van der Waals surface area contributed by atoms with E-state index in [-0.39, 0.29) is 0 Å². The Bertz CT molecular complexity index is 3810. The maximum atomic E-state index is 6.67. The van der Waals surface area contributed by atoms with Crippen LogP contribution in [0.2, 0.25) is 0 Å². The summed E-state index contributed by atoms with van der Waals surface area (Å²) in [6.07, 6.45) is 0. The van der Waals surface area contributed by atoms with Crippen LogP contribution in [0.5, 0.6) is 0 Å². The predicted octanol–water partition coefficient (Wildman–Crippen LogP) is 13.7. The number of hydrogen-bond donors (Lipinski definition) is 0. The molecule has 0 aliphatic heterocycles. The predicted molar refractivity (Wildman–Crippen MR) is 232 cm³/mol. The second-order valence-corrected chi connectivity index (χ2v) is 14.7. The number of para-hydroxylation sites is 3. The van der Waals surface area contributed by atoms with E-state index in [9.17, 15) is 0 Å². The van der Waals surface area contributed by atoms with Crippen molar-refractivity contribution in [2.45, 2.75) is 0 Å². The Morgan fingerprint density at radius 3 is 1.72 bits per heavy atom. The van der Waals surface area contributed by atoms with Crippen LogP contribution in [-0.2, 0) is 0 Å². The third-order valence-electron chi connectivity index (χ3n) is 11.5. The van der Waals surface area contributed by atoms with Gasteiger partial charge in [-0.25, -0.2) is 4.98 Å². The fraction of sp³-hybridized carbons (Fsp3) is 0. The number of rotatable bonds is 4. The molecule has 0 saturated heterocycles. The minimum absolute atomic E-state index is 0.472. The minimum atomic E-state index is 0.472. The summed E-state index contributed by atoms with van der Waals surface area (Å²) in [6, 6.07) is 58.0. The molecule has 0 fully saturated rings. The molecule has 0 saturated carbocycles. The Kier molecular flexibility index (Phi) is 6.32. The van der Waals surface area contributed by atoms with Crippen molar-refractivity contribution in [1.82, 2.24) is 19.5 Å². The number of furan rings is 3. The first-order chi connectivity index (χ1) is 28.7. The first-order valence-corrected chi connectivity index (χ1v) is 19.3. The summed E-state index contributed by atoms with van der Waals surface area (Å²) in [5, 5.41) is 8.41. The molecule has 58 heavy (non-hydrogen) atoms. The molecule has 0 aliphatic rings. The molecular formula is C51H28N4O3. The molecule has 270 valence electrons. The molecule has 7 heteroatoms. The van der Waals surface area contributed by atoms with Gasteiger partial charge in [-0.2, -0.15) is 9.97 Å². The van der Waals surface area contributed by atoms with Crippen LogP contribution >= 0.6 is 0 Å². The van der Waals surface area contributed by atoms with E-state index in [1.165, 1.54) is 0 Å². The van der Waals surface area contributed by atoms with Crippen LogP contribution in [-0.4, -0.2) is 19.5 Å². The lowest BCUT2D eigenvalue weighted by Gasteiger charge is -2.11. The average Bonchev–Trinajstić information content (AvgIpc) is 4.04. The smallest absolute Gasteiger partial charge is 0.238 e. The van der Waals surface area contributed by atoms with Gasteiger partial charge in [0.15, 0.2) is 17.2 Å². The Morgan fingerprint density at radius 1 is 0.362 bits per heavy atom. The summed E-state index contributed by atoms with van der Waals surface area (Å²) in [5.41, 5.74) is 10.5. The van der Waals surface area contributed by atoms with Crippen LogP contribution in [0.4, 0.5) is 0 Å². The van der Waals surface area contributed by atoms with Gasteiger partial charge in [-0.15, -0.1) is 0 Å². The first kappa shape index (κ1) is 31.2. The second-order valence-electron chi connectivity index (χ2n) is 14.7. The maximum Gasteiger partial charge on any atom is 0.238 e. The Morgan fingerprint density at radius 2 is 0.931 bits per heavy atom. The monoisotopic (exact) mass is 744 g/mol. The van der Waals surface area contributed by atoms with E-state index in [2.05, 4.69) is 102 Å². The van der Waals surface area contributed by atoms with Gasteiger partial charge in [0, 0.05) is 54.2 Å². The highest BCUT2D eigenvalue weighted by Gasteiger charge is 2.23. The third kappa shape index (κ3) is 4.46. The fourth-order valence-corrected chi connectivity index (χ4v) is 8.85. The molecule has 13 rings (SSSR count). The van der Waals surface area contributed by atoms with Crippen molar-refractivity contribution in [2.75, 3.05) is 0 Å². The average molecular weight is 745 g/mol. The standard InChI is InChI=1S/C51H28N4O3/c1-2-11-29(12-3-1)32-16-10-20-43-46(32)39-24-22-31(28-45(39)57-43)50-52-49(30-21-23-36-34-14-5-8-18-41(34)56-44(36)27-30)53-51(54-50)55-40-17-7-4-13-33(40)37-25-26-38-35-15-6-9-19-42(35)58-48(38)47(37)55/h1-28H. The van der Waals surface area contributed by atoms with E-state index in [0.717, 1.165) is 110 Å². The summed E-state index contributed by atoms with van der Waals surface area (Å²) >= 11 is 0. The molecule has 7 nitrogen and oxygen atoms in total. The highest BCUT2D eigenvalue weighted by atomic mass is 16.3. The van der Waals surface area contributed by atoms with E-state index in [0.29, 0.717) is 17.6 Å². The molecule has 0 bridgehead atoms. The van der Waals surface area contributed by atoms with E-state index in [4.69, 9.17) is 28.2 Å². The van der Waals surface area contributed by atoms with Crippen molar-refractivity contribution in [1.29, 1.82) is 0 Å². The van der Waals surface area contributed by atoms with Gasteiger partial charge in [0.05, 0.1) is 5.52 Å². The lowest BCUT2D eigenvalue weighted by molar-refractivity contribution is 0.668. The van der Waals surface area contributed by atoms with Gasteiger partial charge in [-0.1, -0.05) is 115 Å². The molecule has 13 aromatic rings. The number of hydrogen-bond acceptors (Lipinski definition) is 6. The van der Waals surface area contributed by atoms with E-state index < -0.39 is 0 Å². The molecule has 5 aromatic heterocycles. The van der Waals surface area contributed by atoms with Gasteiger partial charge in [-0.3, -0.25) is 4.57 Å². The van der Waals surface area contributed by atoms with Crippen molar-refractivity contribution in [3.63, 3.8) is 0 Å². The van der Waals surface area contributed by atoms with Crippen LogP contribution in [0.25, 0.3) is 127 Å². The van der Waals surface area contributed by atoms with Crippen molar-refractivity contribution in [3.05, 3.63) is 170 Å². The zero-order valence-electron chi connectivity index (χ0n) is 30.7. The van der Waals surface area contributed by atoms with Gasteiger partial charge in [-0.05, 0) is 65.7 Å². The van der Waals surface area contributed by atoms with Crippen molar-refractivity contribution >= 4 is 87.6 Å². The van der Waals surface area contributed by atoms with Crippen LogP contribution < -0.4 is 0 Å². The normalized spacial score (nSPS) is 12.1. The van der Waals surface area contributed by atoms with Crippen LogP contribution in [0.15, 0.2) is 183 Å². The van der Waals surface area contributed by atoms with E-state index in [1.54, 1.807) is 0 Å². The first-order valence-electron chi connectivity index (χ1n) is 19.3. The third-order valence-corrected chi connectivity index (χ3v) is 11.5. The zero-order chi connectivity index (χ0) is 37.9. The summed E-state index contributed by atoms with van der Waals surface area (Å²) in [5.74, 6) is 1.50. The van der Waals surface area contributed by atoms with Crippen LogP contribution in [0.1, 0.15) is 0 Å². The molecule has 0 radical (unpaired) electrons. The molecule has 0 aliphatic carbocycles. The van der Waals surface area contributed by atoms with Gasteiger partial charge in [0.2, 0.25) is 5.95 Å². The molecular weight excluding hydrogens is 717 g/mol. The lowest BCUT2D eigenvalue weighted by atomic mass is 9.99. The molecule has 8 aromatic carbocycles. The van der Waals surface area contributed by atoms with Crippen molar-refractivity contribution < 1.29 is 13.3 Å². The number of nitrogens with zero attached hydrogens (tertiary/aromatic N) is 4. The topological polar surface area (TPSA) is 83.0 Å². The molecule has 0 amide bonds. The Balaban J connectivity index is 1.09. The molecule has 0 N–H and O–H groups in total. The largest absolute Gasteiger partial charge is 0.456 e. The van der Waals surface area contributed by atoms with Crippen LogP contribution in [0.3, 0.4) is 0 Å². The molecule has 5 heterocycles. The van der Waals surface area contributed by atoms with Gasteiger partial charge < -0.3 is 13.3 Å². The Hall–Kier alpha value is -8.03. The van der Waals surface area contributed by atoms with Crippen LogP contribution in [0, 0.1) is 0 Å². The number of fused-ring (bicyclic) bond motifs is 13.